The molecule has 1 aliphatic heterocycles. The third kappa shape index (κ3) is 2.63. The third-order valence-electron chi connectivity index (χ3n) is 6.93. The maximum atomic E-state index is 13.2. The Bertz CT molecular complexity index is 1060. The Labute approximate surface area is 179 Å². The van der Waals surface area contributed by atoms with Gasteiger partial charge in [-0.1, -0.05) is 41.5 Å². The second kappa shape index (κ2) is 6.91. The van der Waals surface area contributed by atoms with Crippen molar-refractivity contribution < 1.29 is 14.4 Å². The Morgan fingerprint density at radius 3 is 2.20 bits per heavy atom. The molecule has 4 atom stereocenters. The average molecular weight is 421 g/mol. The lowest BCUT2D eigenvalue weighted by Gasteiger charge is -2.19. The fourth-order valence-electron chi connectivity index (χ4n) is 5.85. The van der Waals surface area contributed by atoms with Crippen LogP contribution in [0.15, 0.2) is 46.9 Å². The van der Waals surface area contributed by atoms with E-state index in [0.29, 0.717) is 5.56 Å². The number of amides is 3. The van der Waals surface area contributed by atoms with Crippen molar-refractivity contribution in [2.24, 2.45) is 23.7 Å². The van der Waals surface area contributed by atoms with E-state index < -0.39 is 5.91 Å². The first-order chi connectivity index (χ1) is 14.4. The first kappa shape index (κ1) is 19.2. The van der Waals surface area contributed by atoms with Gasteiger partial charge < -0.3 is 0 Å². The molecule has 0 radical (unpaired) electrons. The number of hydrogen-bond acceptors (Lipinski definition) is 4. The van der Waals surface area contributed by atoms with E-state index in [9.17, 15) is 14.4 Å². The first-order valence-electron chi connectivity index (χ1n) is 10.4. The summed E-state index contributed by atoms with van der Waals surface area (Å²) in [5.74, 6) is -1.26. The second-order valence-corrected chi connectivity index (χ2v) is 9.78. The van der Waals surface area contributed by atoms with E-state index in [1.54, 1.807) is 5.38 Å². The van der Waals surface area contributed by atoms with Crippen molar-refractivity contribution in [3.8, 4) is 11.1 Å². The van der Waals surface area contributed by atoms with Gasteiger partial charge in [-0.3, -0.25) is 19.8 Å². The molecule has 1 aromatic heterocycles. The largest absolute Gasteiger partial charge is 0.272 e. The van der Waals surface area contributed by atoms with E-state index in [1.807, 2.05) is 37.3 Å². The monoisotopic (exact) mass is 420 g/mol. The van der Waals surface area contributed by atoms with Crippen LogP contribution in [-0.4, -0.2) is 22.7 Å². The second-order valence-electron chi connectivity index (χ2n) is 8.70. The molecule has 2 saturated carbocycles. The summed E-state index contributed by atoms with van der Waals surface area (Å²) in [6.07, 6.45) is 1.91. The zero-order valence-electron chi connectivity index (χ0n) is 17.3. The predicted molar refractivity (Wildman–Crippen MR) is 115 cm³/mol. The molecule has 1 N–H and O–H groups in total. The van der Waals surface area contributed by atoms with Gasteiger partial charge in [0.2, 0.25) is 0 Å². The van der Waals surface area contributed by atoms with Crippen LogP contribution in [-0.2, 0) is 9.59 Å². The van der Waals surface area contributed by atoms with Crippen molar-refractivity contribution in [2.45, 2.75) is 33.6 Å². The van der Waals surface area contributed by atoms with Gasteiger partial charge in [0.1, 0.15) is 0 Å². The lowest BCUT2D eigenvalue weighted by Crippen LogP contribution is -2.47. The summed E-state index contributed by atoms with van der Waals surface area (Å²) >= 11 is 1.49. The van der Waals surface area contributed by atoms with Gasteiger partial charge in [0, 0.05) is 15.8 Å². The number of nitrogens with zero attached hydrogens (tertiary/aromatic N) is 1. The highest BCUT2D eigenvalue weighted by atomic mass is 32.1. The van der Waals surface area contributed by atoms with Crippen molar-refractivity contribution in [2.75, 3.05) is 0 Å². The van der Waals surface area contributed by atoms with Crippen molar-refractivity contribution in [1.29, 1.82) is 0 Å². The minimum Gasteiger partial charge on any atom is -0.272 e. The zero-order chi connectivity index (χ0) is 21.2. The van der Waals surface area contributed by atoms with Gasteiger partial charge >= 0.3 is 0 Å². The molecule has 1 aromatic carbocycles. The summed E-state index contributed by atoms with van der Waals surface area (Å²) in [6.45, 7) is 6.11. The molecule has 0 spiro atoms. The number of imide groups is 1. The molecule has 2 aromatic rings. The summed E-state index contributed by atoms with van der Waals surface area (Å²) in [7, 11) is 0. The van der Waals surface area contributed by atoms with Crippen LogP contribution in [0.5, 0.6) is 0 Å². The number of fused-ring (bicyclic) bond motifs is 5. The van der Waals surface area contributed by atoms with Crippen LogP contribution < -0.4 is 5.43 Å². The maximum Gasteiger partial charge on any atom is 0.271 e. The Morgan fingerprint density at radius 2 is 1.63 bits per heavy atom. The van der Waals surface area contributed by atoms with Gasteiger partial charge in [-0.15, -0.1) is 11.3 Å². The lowest BCUT2D eigenvalue weighted by atomic mass is 9.81. The fourth-order valence-corrected chi connectivity index (χ4v) is 6.71. The first-order valence-corrected chi connectivity index (χ1v) is 11.3. The highest BCUT2D eigenvalue weighted by Crippen LogP contribution is 2.59. The van der Waals surface area contributed by atoms with Crippen LogP contribution in [0.2, 0.25) is 0 Å². The Kier molecular flexibility index (Phi) is 4.43. The van der Waals surface area contributed by atoms with E-state index >= 15 is 0 Å². The molecular weight excluding hydrogens is 396 g/mol. The van der Waals surface area contributed by atoms with Gasteiger partial charge in [-0.2, -0.15) is 5.01 Å². The maximum absolute atomic E-state index is 13.2. The van der Waals surface area contributed by atoms with Crippen molar-refractivity contribution >= 4 is 29.1 Å². The number of benzene rings is 1. The smallest absolute Gasteiger partial charge is 0.271 e. The highest BCUT2D eigenvalue weighted by Gasteiger charge is 2.63. The Hall–Kier alpha value is -2.73. The molecule has 6 heteroatoms. The number of hydrazine groups is 1. The van der Waals surface area contributed by atoms with E-state index in [0.717, 1.165) is 33.9 Å². The molecule has 5 nitrogen and oxygen atoms in total. The fraction of sp³-hybridized carbons (Fsp3) is 0.375. The molecule has 2 aliphatic carbocycles. The van der Waals surface area contributed by atoms with Gasteiger partial charge in [0.05, 0.1) is 17.4 Å². The SMILES string of the molecule is CC(C)=C1[C@H]2CC[C@@H]1[C@H]1C(=O)N(NC(=O)c3csc(C)c3-c3ccccc3)C(=O)[C@H]12. The molecule has 3 amide bonds. The number of allylic oxidation sites excluding steroid dienone is 2. The van der Waals surface area contributed by atoms with Gasteiger partial charge in [-0.25, -0.2) is 0 Å². The van der Waals surface area contributed by atoms with Gasteiger partial charge in [0.25, 0.3) is 17.7 Å². The van der Waals surface area contributed by atoms with Crippen LogP contribution in [0.4, 0.5) is 0 Å². The van der Waals surface area contributed by atoms with Crippen LogP contribution in [0.25, 0.3) is 11.1 Å². The topological polar surface area (TPSA) is 66.5 Å². The number of carbonyl (C=O) groups is 3. The van der Waals surface area contributed by atoms with E-state index in [2.05, 4.69) is 19.3 Å². The average Bonchev–Trinajstić information content (AvgIpc) is 3.46. The molecular formula is C24H24N2O3S. The van der Waals surface area contributed by atoms with Crippen molar-refractivity contribution in [3.63, 3.8) is 0 Å². The lowest BCUT2D eigenvalue weighted by molar-refractivity contribution is -0.143. The summed E-state index contributed by atoms with van der Waals surface area (Å²) < 4.78 is 0. The molecule has 1 saturated heterocycles. The number of rotatable bonds is 3. The van der Waals surface area contributed by atoms with Gasteiger partial charge in [-0.05, 0) is 51.0 Å². The van der Waals surface area contributed by atoms with Crippen molar-refractivity contribution in [1.82, 2.24) is 10.4 Å². The molecule has 5 rings (SSSR count). The van der Waals surface area contributed by atoms with E-state index in [1.165, 1.54) is 22.5 Å². The molecule has 30 heavy (non-hydrogen) atoms. The van der Waals surface area contributed by atoms with Crippen LogP contribution >= 0.6 is 11.3 Å². The minimum atomic E-state index is -0.408. The molecule has 3 aliphatic rings. The molecule has 2 heterocycles. The molecule has 0 unspecified atom stereocenters. The van der Waals surface area contributed by atoms with Crippen LogP contribution in [0.1, 0.15) is 41.9 Å². The number of aryl methyl sites for hydroxylation is 1. The number of nitrogens with one attached hydrogen (secondary N) is 1. The number of hydrogen-bond donors (Lipinski definition) is 1. The minimum absolute atomic E-state index is 0.145. The predicted octanol–water partition coefficient (Wildman–Crippen LogP) is 4.35. The van der Waals surface area contributed by atoms with E-state index in [4.69, 9.17) is 0 Å². The normalized spacial score (nSPS) is 27.0. The Balaban J connectivity index is 1.43. The highest BCUT2D eigenvalue weighted by molar-refractivity contribution is 7.10. The number of carbonyl (C=O) groups excluding carboxylic acids is 3. The zero-order valence-corrected chi connectivity index (χ0v) is 18.1. The molecule has 2 bridgehead atoms. The summed E-state index contributed by atoms with van der Waals surface area (Å²) in [4.78, 5) is 40.4. The summed E-state index contributed by atoms with van der Waals surface area (Å²) in [6, 6.07) is 9.71. The Morgan fingerprint density at radius 1 is 1.03 bits per heavy atom. The standard InChI is InChI=1S/C24H24N2O3S/c1-12(2)18-15-9-10-16(18)21-20(15)23(28)26(24(21)29)25-22(27)17-11-30-13(3)19(17)14-7-5-4-6-8-14/h4-8,11,15-16,20-21H,9-10H2,1-3H3,(H,25,27)/t15-,16+,20+,21-. The van der Waals surface area contributed by atoms with Crippen LogP contribution in [0.3, 0.4) is 0 Å². The summed E-state index contributed by atoms with van der Waals surface area (Å²) in [5, 5.41) is 2.80. The number of thiophene rings is 1. The quantitative estimate of drug-likeness (QED) is 0.593. The van der Waals surface area contributed by atoms with Gasteiger partial charge in [0.15, 0.2) is 0 Å². The third-order valence-corrected chi connectivity index (χ3v) is 7.84. The van der Waals surface area contributed by atoms with Crippen molar-refractivity contribution in [3.05, 3.63) is 57.3 Å². The molecule has 154 valence electrons. The summed E-state index contributed by atoms with van der Waals surface area (Å²) in [5.41, 5.74) is 7.47. The van der Waals surface area contributed by atoms with Crippen LogP contribution in [0, 0.1) is 30.6 Å². The van der Waals surface area contributed by atoms with E-state index in [-0.39, 0.29) is 35.5 Å². The molecule has 3 fully saturated rings.